The third kappa shape index (κ3) is 4.19. The van der Waals surface area contributed by atoms with Crippen LogP contribution in [0.15, 0.2) is 66.7 Å². The van der Waals surface area contributed by atoms with Crippen molar-refractivity contribution in [2.45, 2.75) is 20.3 Å². The zero-order valence-corrected chi connectivity index (χ0v) is 17.3. The minimum absolute atomic E-state index is 0.171. The third-order valence-electron chi connectivity index (χ3n) is 5.26. The van der Waals surface area contributed by atoms with Gasteiger partial charge in [-0.05, 0) is 67.4 Å². The van der Waals surface area contributed by atoms with Crippen molar-refractivity contribution in [3.8, 4) is 5.75 Å². The normalized spacial score (nSPS) is 12.6. The Morgan fingerprint density at radius 1 is 0.871 bits per heavy atom. The second-order valence-electron chi connectivity index (χ2n) is 7.43. The Bertz CT molecular complexity index is 1150. The van der Waals surface area contributed by atoms with Crippen LogP contribution in [0.1, 0.15) is 38.3 Å². The van der Waals surface area contributed by atoms with Crippen molar-refractivity contribution >= 4 is 29.1 Å². The first-order valence-electron chi connectivity index (χ1n) is 10.0. The van der Waals surface area contributed by atoms with Gasteiger partial charge in [-0.2, -0.15) is 0 Å². The number of amides is 3. The van der Waals surface area contributed by atoms with Crippen LogP contribution >= 0.6 is 0 Å². The highest BCUT2D eigenvalue weighted by atomic mass is 16.5. The maximum atomic E-state index is 12.7. The number of nitrogens with zero attached hydrogens (tertiary/aromatic N) is 1. The number of nitrogens with one attached hydrogen (secondary N) is 1. The standard InChI is InChI=1S/C25H22N2O4/c1-16-10-11-20(14-17(16)2)31-13-12-23(28)26-18-6-5-7-19(15-18)27-24(29)21-8-3-4-9-22(21)25(27)30/h3-11,14-15H,12-13H2,1-2H3,(H,26,28). The van der Waals surface area contributed by atoms with Crippen LogP contribution in [0.2, 0.25) is 0 Å². The van der Waals surface area contributed by atoms with Crippen LogP contribution in [-0.2, 0) is 4.79 Å². The van der Waals surface area contributed by atoms with Gasteiger partial charge in [0.25, 0.3) is 11.8 Å². The molecule has 0 unspecified atom stereocenters. The average Bonchev–Trinajstić information content (AvgIpc) is 3.01. The summed E-state index contributed by atoms with van der Waals surface area (Å²) in [5, 5.41) is 2.80. The summed E-state index contributed by atoms with van der Waals surface area (Å²) < 4.78 is 5.66. The second kappa shape index (κ2) is 8.44. The lowest BCUT2D eigenvalue weighted by Gasteiger charge is -2.15. The lowest BCUT2D eigenvalue weighted by Crippen LogP contribution is -2.29. The van der Waals surface area contributed by atoms with E-state index in [1.165, 1.54) is 5.56 Å². The number of imide groups is 1. The van der Waals surface area contributed by atoms with Crippen molar-refractivity contribution < 1.29 is 19.1 Å². The minimum atomic E-state index is -0.370. The van der Waals surface area contributed by atoms with E-state index < -0.39 is 0 Å². The molecule has 31 heavy (non-hydrogen) atoms. The van der Waals surface area contributed by atoms with Crippen LogP contribution in [0.4, 0.5) is 11.4 Å². The van der Waals surface area contributed by atoms with E-state index in [2.05, 4.69) is 5.32 Å². The number of rotatable bonds is 6. The van der Waals surface area contributed by atoms with Crippen LogP contribution in [-0.4, -0.2) is 24.3 Å². The van der Waals surface area contributed by atoms with Gasteiger partial charge in [0.1, 0.15) is 5.75 Å². The number of aryl methyl sites for hydroxylation is 2. The number of benzene rings is 3. The molecule has 4 rings (SSSR count). The molecule has 0 atom stereocenters. The van der Waals surface area contributed by atoms with Crippen LogP contribution < -0.4 is 15.0 Å². The highest BCUT2D eigenvalue weighted by molar-refractivity contribution is 6.34. The molecule has 1 aliphatic heterocycles. The van der Waals surface area contributed by atoms with Crippen molar-refractivity contribution in [2.75, 3.05) is 16.8 Å². The van der Waals surface area contributed by atoms with Crippen molar-refractivity contribution in [1.82, 2.24) is 0 Å². The quantitative estimate of drug-likeness (QED) is 0.602. The Balaban J connectivity index is 1.39. The van der Waals surface area contributed by atoms with E-state index in [1.807, 2.05) is 32.0 Å². The van der Waals surface area contributed by atoms with Crippen molar-refractivity contribution in [1.29, 1.82) is 0 Å². The maximum absolute atomic E-state index is 12.7. The molecule has 1 N–H and O–H groups in total. The van der Waals surface area contributed by atoms with E-state index in [1.54, 1.807) is 48.5 Å². The van der Waals surface area contributed by atoms with E-state index in [0.717, 1.165) is 16.2 Å². The predicted octanol–water partition coefficient (Wildman–Crippen LogP) is 4.51. The van der Waals surface area contributed by atoms with Gasteiger partial charge >= 0.3 is 0 Å². The SMILES string of the molecule is Cc1ccc(OCCC(=O)Nc2cccc(N3C(=O)c4ccccc4C3=O)c2)cc1C. The number of hydrogen-bond acceptors (Lipinski definition) is 4. The molecule has 1 heterocycles. The molecule has 0 fully saturated rings. The molecule has 3 amide bonds. The number of fused-ring (bicyclic) bond motifs is 1. The topological polar surface area (TPSA) is 75.7 Å². The van der Waals surface area contributed by atoms with Gasteiger partial charge in [0.2, 0.25) is 5.91 Å². The number of hydrogen-bond donors (Lipinski definition) is 1. The van der Waals surface area contributed by atoms with E-state index >= 15 is 0 Å². The largest absolute Gasteiger partial charge is 0.493 e. The van der Waals surface area contributed by atoms with Gasteiger partial charge in [-0.15, -0.1) is 0 Å². The minimum Gasteiger partial charge on any atom is -0.493 e. The summed E-state index contributed by atoms with van der Waals surface area (Å²) in [5.74, 6) is -0.233. The van der Waals surface area contributed by atoms with E-state index in [4.69, 9.17) is 4.74 Å². The molecule has 156 valence electrons. The fourth-order valence-electron chi connectivity index (χ4n) is 3.44. The summed E-state index contributed by atoms with van der Waals surface area (Å²) in [4.78, 5) is 38.8. The van der Waals surface area contributed by atoms with Gasteiger partial charge in [-0.1, -0.05) is 24.3 Å². The van der Waals surface area contributed by atoms with Gasteiger partial charge in [0.05, 0.1) is 29.8 Å². The molecular weight excluding hydrogens is 392 g/mol. The monoisotopic (exact) mass is 414 g/mol. The summed E-state index contributed by atoms with van der Waals surface area (Å²) in [7, 11) is 0. The van der Waals surface area contributed by atoms with E-state index in [0.29, 0.717) is 22.5 Å². The Kier molecular flexibility index (Phi) is 5.54. The molecule has 3 aromatic carbocycles. The van der Waals surface area contributed by atoms with E-state index in [-0.39, 0.29) is 30.7 Å². The molecule has 0 saturated carbocycles. The van der Waals surface area contributed by atoms with Gasteiger partial charge < -0.3 is 10.1 Å². The van der Waals surface area contributed by atoms with E-state index in [9.17, 15) is 14.4 Å². The molecule has 6 nitrogen and oxygen atoms in total. The zero-order chi connectivity index (χ0) is 22.0. The lowest BCUT2D eigenvalue weighted by molar-refractivity contribution is -0.116. The van der Waals surface area contributed by atoms with Gasteiger partial charge in [-0.25, -0.2) is 4.90 Å². The summed E-state index contributed by atoms with van der Waals surface area (Å²) in [6.45, 7) is 4.28. The number of anilines is 2. The smallest absolute Gasteiger partial charge is 0.266 e. The Labute approximate surface area is 180 Å². The van der Waals surface area contributed by atoms with Gasteiger partial charge in [0.15, 0.2) is 0 Å². The number of carbonyl (C=O) groups is 3. The number of ether oxygens (including phenoxy) is 1. The second-order valence-corrected chi connectivity index (χ2v) is 7.43. The van der Waals surface area contributed by atoms with Crippen LogP contribution in [0.3, 0.4) is 0 Å². The highest BCUT2D eigenvalue weighted by Crippen LogP contribution is 2.29. The predicted molar refractivity (Wildman–Crippen MR) is 119 cm³/mol. The molecule has 0 aliphatic carbocycles. The molecule has 6 heteroatoms. The van der Waals surface area contributed by atoms with Crippen molar-refractivity contribution in [3.63, 3.8) is 0 Å². The molecule has 0 spiro atoms. The zero-order valence-electron chi connectivity index (χ0n) is 17.3. The molecule has 0 saturated heterocycles. The van der Waals surface area contributed by atoms with Crippen LogP contribution in [0.25, 0.3) is 0 Å². The average molecular weight is 414 g/mol. The molecule has 0 bridgehead atoms. The fourth-order valence-corrected chi connectivity index (χ4v) is 3.44. The maximum Gasteiger partial charge on any atom is 0.266 e. The Morgan fingerprint density at radius 2 is 1.58 bits per heavy atom. The van der Waals surface area contributed by atoms with Crippen LogP contribution in [0.5, 0.6) is 5.75 Å². The lowest BCUT2D eigenvalue weighted by atomic mass is 10.1. The summed E-state index contributed by atoms with van der Waals surface area (Å²) in [6, 6.07) is 19.2. The molecule has 0 aromatic heterocycles. The summed E-state index contributed by atoms with van der Waals surface area (Å²) >= 11 is 0. The first-order chi connectivity index (χ1) is 14.9. The summed E-state index contributed by atoms with van der Waals surface area (Å²) in [6.07, 6.45) is 0.171. The molecule has 1 aliphatic rings. The molecule has 0 radical (unpaired) electrons. The molecular formula is C25H22N2O4. The van der Waals surface area contributed by atoms with Crippen LogP contribution in [0, 0.1) is 13.8 Å². The van der Waals surface area contributed by atoms with Gasteiger partial charge in [0, 0.05) is 5.69 Å². The van der Waals surface area contributed by atoms with Crippen molar-refractivity contribution in [3.05, 3.63) is 89.0 Å². The van der Waals surface area contributed by atoms with Crippen molar-refractivity contribution in [2.24, 2.45) is 0 Å². The summed E-state index contributed by atoms with van der Waals surface area (Å²) in [5.41, 5.74) is 3.99. The third-order valence-corrected chi connectivity index (χ3v) is 5.26. The first-order valence-corrected chi connectivity index (χ1v) is 10.0. The fraction of sp³-hybridized carbons (Fsp3) is 0.160. The van der Waals surface area contributed by atoms with Gasteiger partial charge in [-0.3, -0.25) is 14.4 Å². The Hall–Kier alpha value is -3.93. The highest BCUT2D eigenvalue weighted by Gasteiger charge is 2.36. The number of carbonyl (C=O) groups excluding carboxylic acids is 3. The first kappa shape index (κ1) is 20.3. The Morgan fingerprint density at radius 3 is 2.26 bits per heavy atom. The molecule has 3 aromatic rings.